The van der Waals surface area contributed by atoms with Crippen LogP contribution < -0.4 is 11.1 Å². The van der Waals surface area contributed by atoms with Gasteiger partial charge in [0, 0.05) is 30.0 Å². The molecule has 1 heterocycles. The first-order valence-electron chi connectivity index (χ1n) is 6.81. The molecule has 0 fully saturated rings. The maximum atomic E-state index is 6.13. The first-order valence-corrected chi connectivity index (χ1v) is 7.60. The van der Waals surface area contributed by atoms with Crippen LogP contribution in [0, 0.1) is 13.8 Å². The smallest absolute Gasteiger partial charge is 0.105 e. The third-order valence-electron chi connectivity index (χ3n) is 3.21. The summed E-state index contributed by atoms with van der Waals surface area (Å²) in [5, 5.41) is 8.35. The highest BCUT2D eigenvalue weighted by molar-refractivity contribution is 7.80. The Kier molecular flexibility index (Phi) is 5.20. The summed E-state index contributed by atoms with van der Waals surface area (Å²) in [5.74, 6) is 0. The van der Waals surface area contributed by atoms with Gasteiger partial charge in [-0.15, -0.1) is 0 Å². The lowest BCUT2D eigenvalue weighted by Crippen LogP contribution is -2.11. The van der Waals surface area contributed by atoms with Gasteiger partial charge in [0.25, 0.3) is 0 Å². The fraction of sp³-hybridized carbons (Fsp3) is 0.333. The minimum atomic E-state index is 0.316. The molecule has 0 spiro atoms. The van der Waals surface area contributed by atoms with Crippen LogP contribution in [0.15, 0.2) is 24.3 Å². The number of hydrogen-bond donors (Lipinski definition) is 2. The van der Waals surface area contributed by atoms with Gasteiger partial charge in [-0.05, 0) is 44.5 Å². The van der Waals surface area contributed by atoms with E-state index in [2.05, 4.69) is 23.4 Å². The molecule has 112 valence electrons. The molecule has 1 aromatic carbocycles. The van der Waals surface area contributed by atoms with Crippen LogP contribution in [0.25, 0.3) is 0 Å². The Morgan fingerprint density at radius 2 is 2.14 bits per heavy atom. The second-order valence-corrected chi connectivity index (χ2v) is 5.84. The largest absolute Gasteiger partial charge is 0.389 e. The number of anilines is 1. The molecule has 0 atom stereocenters. The molecule has 2 rings (SSSR count). The van der Waals surface area contributed by atoms with E-state index in [1.807, 2.05) is 29.8 Å². The van der Waals surface area contributed by atoms with Gasteiger partial charge in [-0.2, -0.15) is 5.10 Å². The van der Waals surface area contributed by atoms with Crippen LogP contribution in [0.3, 0.4) is 0 Å². The first kappa shape index (κ1) is 15.8. The molecule has 1 aromatic heterocycles. The Balaban J connectivity index is 1.85. The van der Waals surface area contributed by atoms with E-state index in [-0.39, 0.29) is 0 Å². The summed E-state index contributed by atoms with van der Waals surface area (Å²) < 4.78 is 2.03. The van der Waals surface area contributed by atoms with Crippen molar-refractivity contribution in [3.05, 3.63) is 46.2 Å². The standard InChI is InChI=1S/C15H19ClN4S/c1-10-8-11(2)20(19-10)7-3-6-18-12-4-5-13(15(17)21)14(16)9-12/h4-5,8-9,18H,3,6-7H2,1-2H3,(H2,17,21). The molecule has 0 bridgehead atoms. The Hall–Kier alpha value is -1.59. The van der Waals surface area contributed by atoms with Crippen LogP contribution in [-0.4, -0.2) is 21.3 Å². The maximum absolute atomic E-state index is 6.13. The van der Waals surface area contributed by atoms with Crippen LogP contribution in [0.5, 0.6) is 0 Å². The first-order chi connectivity index (χ1) is 9.97. The monoisotopic (exact) mass is 322 g/mol. The van der Waals surface area contributed by atoms with E-state index >= 15 is 0 Å². The summed E-state index contributed by atoms with van der Waals surface area (Å²) >= 11 is 11.1. The molecule has 0 aliphatic carbocycles. The lowest BCUT2D eigenvalue weighted by atomic mass is 10.2. The van der Waals surface area contributed by atoms with Gasteiger partial charge in [0.2, 0.25) is 0 Å². The van der Waals surface area contributed by atoms with Crippen LogP contribution in [0.1, 0.15) is 23.4 Å². The Bertz CT molecular complexity index is 651. The number of hydrogen-bond acceptors (Lipinski definition) is 3. The van der Waals surface area contributed by atoms with Gasteiger partial charge in [0.15, 0.2) is 0 Å². The van der Waals surface area contributed by atoms with Gasteiger partial charge in [0.1, 0.15) is 4.99 Å². The summed E-state index contributed by atoms with van der Waals surface area (Å²) in [7, 11) is 0. The third kappa shape index (κ3) is 4.19. The molecule has 0 saturated carbocycles. The minimum Gasteiger partial charge on any atom is -0.389 e. The molecule has 0 aliphatic rings. The van der Waals surface area contributed by atoms with Crippen LogP contribution >= 0.6 is 23.8 Å². The lowest BCUT2D eigenvalue weighted by molar-refractivity contribution is 0.574. The average Bonchev–Trinajstić information content (AvgIpc) is 2.73. The van der Waals surface area contributed by atoms with E-state index in [4.69, 9.17) is 29.6 Å². The summed E-state index contributed by atoms with van der Waals surface area (Å²) in [4.78, 5) is 0.316. The van der Waals surface area contributed by atoms with Crippen molar-refractivity contribution < 1.29 is 0 Å². The predicted octanol–water partition coefficient (Wildman–Crippen LogP) is 3.29. The van der Waals surface area contributed by atoms with Crippen LogP contribution in [0.4, 0.5) is 5.69 Å². The topological polar surface area (TPSA) is 55.9 Å². The fourth-order valence-corrected chi connectivity index (χ4v) is 2.70. The van der Waals surface area contributed by atoms with Crippen molar-refractivity contribution in [1.82, 2.24) is 9.78 Å². The summed E-state index contributed by atoms with van der Waals surface area (Å²) in [6, 6.07) is 7.71. The molecule has 0 amide bonds. The molecular weight excluding hydrogens is 304 g/mol. The Morgan fingerprint density at radius 1 is 1.38 bits per heavy atom. The molecular formula is C15H19ClN4S. The highest BCUT2D eigenvalue weighted by Gasteiger charge is 2.04. The second kappa shape index (κ2) is 6.91. The quantitative estimate of drug-likeness (QED) is 0.633. The average molecular weight is 323 g/mol. The highest BCUT2D eigenvalue weighted by atomic mass is 35.5. The molecule has 4 nitrogen and oxygen atoms in total. The number of rotatable bonds is 6. The summed E-state index contributed by atoms with van der Waals surface area (Å²) in [5.41, 5.74) is 9.51. The Morgan fingerprint density at radius 3 is 2.71 bits per heavy atom. The zero-order chi connectivity index (χ0) is 15.4. The van der Waals surface area contributed by atoms with Gasteiger partial charge in [-0.25, -0.2) is 0 Å². The van der Waals surface area contributed by atoms with Crippen molar-refractivity contribution >= 4 is 34.5 Å². The molecule has 2 aromatic rings. The van der Waals surface area contributed by atoms with Crippen LogP contribution in [0.2, 0.25) is 5.02 Å². The van der Waals surface area contributed by atoms with E-state index in [1.54, 1.807) is 0 Å². The third-order valence-corrected chi connectivity index (χ3v) is 3.75. The molecule has 0 saturated heterocycles. The number of nitrogens with two attached hydrogens (primary N) is 1. The van der Waals surface area contributed by atoms with E-state index < -0.39 is 0 Å². The summed E-state index contributed by atoms with van der Waals surface area (Å²) in [6.45, 7) is 5.82. The number of benzene rings is 1. The SMILES string of the molecule is Cc1cc(C)n(CCCNc2ccc(C(N)=S)c(Cl)c2)n1. The zero-order valence-corrected chi connectivity index (χ0v) is 13.8. The highest BCUT2D eigenvalue weighted by Crippen LogP contribution is 2.20. The predicted molar refractivity (Wildman–Crippen MR) is 92.1 cm³/mol. The number of nitrogens with zero attached hydrogens (tertiary/aromatic N) is 2. The lowest BCUT2D eigenvalue weighted by Gasteiger charge is -2.09. The number of aryl methyl sites for hydroxylation is 3. The normalized spacial score (nSPS) is 10.6. The van der Waals surface area contributed by atoms with Gasteiger partial charge in [-0.3, -0.25) is 4.68 Å². The molecule has 6 heteroatoms. The van der Waals surface area contributed by atoms with Crippen molar-refractivity contribution in [2.75, 3.05) is 11.9 Å². The van der Waals surface area contributed by atoms with Gasteiger partial charge < -0.3 is 11.1 Å². The number of halogens is 1. The van der Waals surface area contributed by atoms with Crippen molar-refractivity contribution in [3.8, 4) is 0 Å². The van der Waals surface area contributed by atoms with E-state index in [0.29, 0.717) is 15.6 Å². The number of nitrogens with one attached hydrogen (secondary N) is 1. The number of aromatic nitrogens is 2. The van der Waals surface area contributed by atoms with E-state index in [9.17, 15) is 0 Å². The van der Waals surface area contributed by atoms with Crippen molar-refractivity contribution in [1.29, 1.82) is 0 Å². The molecule has 0 unspecified atom stereocenters. The minimum absolute atomic E-state index is 0.316. The maximum Gasteiger partial charge on any atom is 0.105 e. The van der Waals surface area contributed by atoms with E-state index in [1.165, 1.54) is 5.69 Å². The van der Waals surface area contributed by atoms with Crippen molar-refractivity contribution in [2.45, 2.75) is 26.8 Å². The molecule has 3 N–H and O–H groups in total. The van der Waals surface area contributed by atoms with Crippen molar-refractivity contribution in [2.24, 2.45) is 5.73 Å². The number of thiocarbonyl (C=S) groups is 1. The summed E-state index contributed by atoms with van der Waals surface area (Å²) in [6.07, 6.45) is 0.983. The Labute approximate surface area is 135 Å². The zero-order valence-electron chi connectivity index (χ0n) is 12.2. The van der Waals surface area contributed by atoms with Crippen molar-refractivity contribution in [3.63, 3.8) is 0 Å². The van der Waals surface area contributed by atoms with Crippen LogP contribution in [-0.2, 0) is 6.54 Å². The van der Waals surface area contributed by atoms with Gasteiger partial charge >= 0.3 is 0 Å². The van der Waals surface area contributed by atoms with E-state index in [0.717, 1.165) is 30.9 Å². The van der Waals surface area contributed by atoms with Gasteiger partial charge in [0.05, 0.1) is 10.7 Å². The molecule has 0 aliphatic heterocycles. The fourth-order valence-electron chi connectivity index (χ4n) is 2.19. The molecule has 0 radical (unpaired) electrons. The van der Waals surface area contributed by atoms with Gasteiger partial charge in [-0.1, -0.05) is 23.8 Å². The second-order valence-electron chi connectivity index (χ2n) is 4.99. The molecule has 21 heavy (non-hydrogen) atoms.